The normalized spacial score (nSPS) is 15.4. The second-order valence-corrected chi connectivity index (χ2v) is 4.70. The molecule has 0 spiro atoms. The first-order chi connectivity index (χ1) is 10.1. The number of alkyl halides is 1. The summed E-state index contributed by atoms with van der Waals surface area (Å²) in [4.78, 5) is 26.7. The lowest BCUT2D eigenvalue weighted by Crippen LogP contribution is -2.47. The summed E-state index contributed by atoms with van der Waals surface area (Å²) < 4.78 is 4.93. The number of nitrogens with zero attached hydrogens (tertiary/aromatic N) is 3. The lowest BCUT2D eigenvalue weighted by atomic mass is 10.2. The van der Waals surface area contributed by atoms with Crippen LogP contribution in [0, 0.1) is 11.3 Å². The number of carbonyl (C=O) groups is 2. The summed E-state index contributed by atoms with van der Waals surface area (Å²) in [7, 11) is 0. The molecule has 0 saturated carbocycles. The van der Waals surface area contributed by atoms with Gasteiger partial charge in [-0.25, -0.2) is 4.79 Å². The predicted octanol–water partition coefficient (Wildman–Crippen LogP) is 0.523. The summed E-state index contributed by atoms with van der Waals surface area (Å²) in [5, 5.41) is 11.6. The molecule has 21 heavy (non-hydrogen) atoms. The van der Waals surface area contributed by atoms with Crippen molar-refractivity contribution >= 4 is 23.6 Å². The van der Waals surface area contributed by atoms with Crippen LogP contribution in [-0.4, -0.2) is 67.0 Å². The lowest BCUT2D eigenvalue weighted by Gasteiger charge is -2.33. The highest BCUT2D eigenvalue weighted by atomic mass is 35.5. The minimum Gasteiger partial charge on any atom is -0.450 e. The van der Waals surface area contributed by atoms with E-state index in [-0.39, 0.29) is 11.7 Å². The van der Waals surface area contributed by atoms with Crippen molar-refractivity contribution in [3.05, 3.63) is 11.8 Å². The fraction of sp³-hybridized carbons (Fsp3) is 0.615. The summed E-state index contributed by atoms with van der Waals surface area (Å²) in [5.74, 6) is -0.145. The maximum Gasteiger partial charge on any atom is 0.409 e. The smallest absolute Gasteiger partial charge is 0.409 e. The molecule has 0 aliphatic carbocycles. The molecule has 1 aliphatic rings. The van der Waals surface area contributed by atoms with E-state index in [9.17, 15) is 9.59 Å². The lowest BCUT2D eigenvalue weighted by molar-refractivity contribution is -0.117. The van der Waals surface area contributed by atoms with Crippen LogP contribution in [0.3, 0.4) is 0 Å². The van der Waals surface area contributed by atoms with Gasteiger partial charge in [0, 0.05) is 44.8 Å². The summed E-state index contributed by atoms with van der Waals surface area (Å²) >= 11 is 5.48. The van der Waals surface area contributed by atoms with Crippen LogP contribution in [0.4, 0.5) is 4.79 Å². The summed E-state index contributed by atoms with van der Waals surface area (Å²) in [6, 6.07) is 1.87. The molecule has 1 heterocycles. The van der Waals surface area contributed by atoms with Gasteiger partial charge in [0.1, 0.15) is 11.6 Å². The maximum atomic E-state index is 11.7. The van der Waals surface area contributed by atoms with E-state index in [0.29, 0.717) is 45.2 Å². The molecule has 1 aliphatic heterocycles. The number of nitrogens with one attached hydrogen (secondary N) is 1. The fourth-order valence-electron chi connectivity index (χ4n) is 1.83. The standard InChI is InChI=1S/C13H19ClN4O3/c1-2-21-13(20)18-7-5-17(6-8-18)10-11(9-15)12(19)16-4-3-14/h10H,2-8H2,1H3,(H,16,19)/b11-10-. The van der Waals surface area contributed by atoms with Crippen LogP contribution >= 0.6 is 11.6 Å². The second kappa shape index (κ2) is 9.08. The number of hydrogen-bond acceptors (Lipinski definition) is 5. The number of hydrogen-bond donors (Lipinski definition) is 1. The Labute approximate surface area is 129 Å². The van der Waals surface area contributed by atoms with Crippen molar-refractivity contribution in [3.8, 4) is 6.07 Å². The van der Waals surface area contributed by atoms with E-state index < -0.39 is 5.91 Å². The Bertz CT molecular complexity index is 439. The second-order valence-electron chi connectivity index (χ2n) is 4.32. The van der Waals surface area contributed by atoms with Gasteiger partial charge in [0.05, 0.1) is 6.61 Å². The van der Waals surface area contributed by atoms with E-state index >= 15 is 0 Å². The molecule has 116 valence electrons. The summed E-state index contributed by atoms with van der Waals surface area (Å²) in [6.07, 6.45) is 1.19. The third kappa shape index (κ3) is 5.52. The summed E-state index contributed by atoms with van der Waals surface area (Å²) in [5.41, 5.74) is 0.0321. The average Bonchev–Trinajstić information content (AvgIpc) is 2.51. The Kier molecular flexibility index (Phi) is 7.40. The molecule has 0 aromatic heterocycles. The monoisotopic (exact) mass is 314 g/mol. The van der Waals surface area contributed by atoms with Gasteiger partial charge in [-0.05, 0) is 6.92 Å². The van der Waals surface area contributed by atoms with Crippen molar-refractivity contribution in [2.24, 2.45) is 0 Å². The molecule has 0 atom stereocenters. The van der Waals surface area contributed by atoms with Gasteiger partial charge in [-0.2, -0.15) is 5.26 Å². The molecule has 0 unspecified atom stereocenters. The third-order valence-electron chi connectivity index (χ3n) is 2.90. The van der Waals surface area contributed by atoms with E-state index in [1.54, 1.807) is 11.8 Å². The SMILES string of the molecule is CCOC(=O)N1CCN(/C=C(/C#N)C(=O)NCCCl)CC1. The molecule has 1 saturated heterocycles. The number of ether oxygens (including phenoxy) is 1. The van der Waals surface area contributed by atoms with Crippen LogP contribution < -0.4 is 5.32 Å². The fourth-order valence-corrected chi connectivity index (χ4v) is 1.92. The first-order valence-electron chi connectivity index (χ1n) is 6.74. The molecule has 1 fully saturated rings. The van der Waals surface area contributed by atoms with Crippen molar-refractivity contribution in [3.63, 3.8) is 0 Å². The van der Waals surface area contributed by atoms with E-state index in [1.807, 2.05) is 11.0 Å². The van der Waals surface area contributed by atoms with Crippen LogP contribution in [0.2, 0.25) is 0 Å². The third-order valence-corrected chi connectivity index (χ3v) is 3.09. The topological polar surface area (TPSA) is 85.7 Å². The first kappa shape index (κ1) is 17.1. The molecule has 0 radical (unpaired) electrons. The van der Waals surface area contributed by atoms with Gasteiger partial charge >= 0.3 is 6.09 Å². The molecule has 1 N–H and O–H groups in total. The van der Waals surface area contributed by atoms with Gasteiger partial charge in [-0.3, -0.25) is 4.79 Å². The molecule has 0 aromatic rings. The largest absolute Gasteiger partial charge is 0.450 e. The van der Waals surface area contributed by atoms with E-state index in [1.165, 1.54) is 6.20 Å². The minimum atomic E-state index is -0.439. The van der Waals surface area contributed by atoms with E-state index in [4.69, 9.17) is 21.6 Å². The first-order valence-corrected chi connectivity index (χ1v) is 7.27. The van der Waals surface area contributed by atoms with Gasteiger partial charge in [0.25, 0.3) is 5.91 Å². The number of nitriles is 1. The quantitative estimate of drug-likeness (QED) is 0.454. The van der Waals surface area contributed by atoms with Crippen LogP contribution in [0.15, 0.2) is 11.8 Å². The minimum absolute atomic E-state index is 0.0321. The Morgan fingerprint density at radius 3 is 2.57 bits per heavy atom. The van der Waals surface area contributed by atoms with E-state index in [0.717, 1.165) is 0 Å². The Balaban J connectivity index is 2.52. The zero-order chi connectivity index (χ0) is 15.7. The van der Waals surface area contributed by atoms with Crippen LogP contribution in [-0.2, 0) is 9.53 Å². The Morgan fingerprint density at radius 2 is 2.05 bits per heavy atom. The van der Waals surface area contributed by atoms with Crippen molar-refractivity contribution < 1.29 is 14.3 Å². The van der Waals surface area contributed by atoms with Gasteiger partial charge in [-0.15, -0.1) is 11.6 Å². The zero-order valence-corrected chi connectivity index (χ0v) is 12.7. The molecule has 7 nitrogen and oxygen atoms in total. The van der Waals surface area contributed by atoms with Crippen LogP contribution in [0.1, 0.15) is 6.92 Å². The number of rotatable bonds is 5. The predicted molar refractivity (Wildman–Crippen MR) is 77.6 cm³/mol. The van der Waals surface area contributed by atoms with Crippen LogP contribution in [0.5, 0.6) is 0 Å². The number of amides is 2. The number of halogens is 1. The average molecular weight is 315 g/mol. The van der Waals surface area contributed by atoms with Gasteiger partial charge < -0.3 is 19.9 Å². The van der Waals surface area contributed by atoms with Crippen molar-refractivity contribution in [1.82, 2.24) is 15.1 Å². The van der Waals surface area contributed by atoms with Crippen molar-refractivity contribution in [1.29, 1.82) is 5.26 Å². The Morgan fingerprint density at radius 1 is 1.38 bits per heavy atom. The highest BCUT2D eigenvalue weighted by Gasteiger charge is 2.21. The molecule has 1 rings (SSSR count). The molecular formula is C13H19ClN4O3. The van der Waals surface area contributed by atoms with Crippen molar-refractivity contribution in [2.75, 3.05) is 45.2 Å². The Hall–Kier alpha value is -1.94. The van der Waals surface area contributed by atoms with Gasteiger partial charge in [-0.1, -0.05) is 0 Å². The van der Waals surface area contributed by atoms with Gasteiger partial charge in [0.2, 0.25) is 0 Å². The number of piperazine rings is 1. The maximum absolute atomic E-state index is 11.7. The highest BCUT2D eigenvalue weighted by Crippen LogP contribution is 2.06. The molecule has 2 amide bonds. The summed E-state index contributed by atoms with van der Waals surface area (Å²) in [6.45, 7) is 4.51. The zero-order valence-electron chi connectivity index (χ0n) is 12.0. The van der Waals surface area contributed by atoms with E-state index in [2.05, 4.69) is 5.32 Å². The molecule has 0 bridgehead atoms. The molecule has 8 heteroatoms. The molecular weight excluding hydrogens is 296 g/mol. The van der Waals surface area contributed by atoms with Crippen molar-refractivity contribution in [2.45, 2.75) is 6.92 Å². The molecule has 0 aromatic carbocycles. The highest BCUT2D eigenvalue weighted by molar-refractivity contribution is 6.18. The number of carbonyl (C=O) groups excluding carboxylic acids is 2. The van der Waals surface area contributed by atoms with Gasteiger partial charge in [0.15, 0.2) is 0 Å². The van der Waals surface area contributed by atoms with Crippen LogP contribution in [0.25, 0.3) is 0 Å².